The number of nitrogens with two attached hydrogens (primary N) is 2. The summed E-state index contributed by atoms with van der Waals surface area (Å²) < 4.78 is 0. The third-order valence-electron chi connectivity index (χ3n) is 2.26. The minimum atomic E-state index is -0.933. The Balaban J connectivity index is 0.000000306. The predicted octanol–water partition coefficient (Wildman–Crippen LogP) is 1.02. The maximum atomic E-state index is 10.1. The van der Waals surface area contributed by atoms with E-state index in [1.165, 1.54) is 0 Å². The molecule has 7 heteroatoms. The Morgan fingerprint density at radius 3 is 2.14 bits per heavy atom. The van der Waals surface area contributed by atoms with Gasteiger partial charge in [-0.05, 0) is 31.5 Å². The molecule has 1 unspecified atom stereocenters. The van der Waals surface area contributed by atoms with E-state index in [2.05, 4.69) is 15.0 Å². The van der Waals surface area contributed by atoms with E-state index in [9.17, 15) is 4.79 Å². The molecule has 2 aromatic heterocycles. The number of hydrogen-bond acceptors (Lipinski definition) is 5. The molecule has 7 nitrogen and oxygen atoms in total. The van der Waals surface area contributed by atoms with E-state index in [0.717, 1.165) is 12.8 Å². The molecule has 6 N–H and O–H groups in total. The largest absolute Gasteiger partial charge is 0.480 e. The zero-order chi connectivity index (χ0) is 15.8. The maximum Gasteiger partial charge on any atom is 0.320 e. The first-order valence-electron chi connectivity index (χ1n) is 6.64. The lowest BCUT2D eigenvalue weighted by molar-refractivity contribution is -0.138. The van der Waals surface area contributed by atoms with Crippen LogP contribution < -0.4 is 11.5 Å². The number of nitrogens with zero attached hydrogens (tertiary/aromatic N) is 2. The molecule has 21 heavy (non-hydrogen) atoms. The van der Waals surface area contributed by atoms with Crippen LogP contribution in [0.1, 0.15) is 19.3 Å². The number of carboxylic acids is 1. The second-order valence-electron chi connectivity index (χ2n) is 4.01. The number of carboxylic acid groups (broad SMARTS) is 1. The summed E-state index contributed by atoms with van der Waals surface area (Å²) in [4.78, 5) is 20.3. The smallest absolute Gasteiger partial charge is 0.320 e. The van der Waals surface area contributed by atoms with Crippen molar-refractivity contribution < 1.29 is 9.90 Å². The molecule has 0 amide bonds. The molecule has 0 aliphatic rings. The molecular formula is C14H23N5O2. The number of rotatable bonds is 5. The van der Waals surface area contributed by atoms with Crippen molar-refractivity contribution in [2.75, 3.05) is 6.54 Å². The van der Waals surface area contributed by atoms with E-state index in [1.54, 1.807) is 31.1 Å². The predicted molar refractivity (Wildman–Crippen MR) is 81.3 cm³/mol. The molecular weight excluding hydrogens is 270 g/mol. The Morgan fingerprint density at radius 1 is 1.14 bits per heavy atom. The molecule has 2 rings (SSSR count). The maximum absolute atomic E-state index is 10.1. The van der Waals surface area contributed by atoms with Crippen LogP contribution in [0.5, 0.6) is 0 Å². The van der Waals surface area contributed by atoms with Gasteiger partial charge in [0.1, 0.15) is 6.04 Å². The van der Waals surface area contributed by atoms with Crippen molar-refractivity contribution in [3.63, 3.8) is 0 Å². The SMILES string of the molecule is NCCCCC(N)C(=O)O.c1c[nH]cn1.c1ccncc1. The van der Waals surface area contributed by atoms with Crippen LogP contribution in [-0.2, 0) is 4.79 Å². The Kier molecular flexibility index (Phi) is 12.6. The lowest BCUT2D eigenvalue weighted by Gasteiger charge is -2.03. The van der Waals surface area contributed by atoms with Crippen molar-refractivity contribution in [3.8, 4) is 0 Å². The number of aromatic amines is 1. The summed E-state index contributed by atoms with van der Waals surface area (Å²) in [5.74, 6) is -0.933. The quantitative estimate of drug-likeness (QED) is 0.609. The van der Waals surface area contributed by atoms with Gasteiger partial charge in [0, 0.05) is 24.8 Å². The number of unbranched alkanes of at least 4 members (excludes halogenated alkanes) is 1. The first kappa shape index (κ1) is 18.8. The number of aliphatic carboxylic acids is 1. The highest BCUT2D eigenvalue weighted by Crippen LogP contribution is 1.96. The summed E-state index contributed by atoms with van der Waals surface area (Å²) in [6.45, 7) is 0.604. The highest BCUT2D eigenvalue weighted by atomic mass is 16.4. The molecule has 2 aromatic rings. The number of H-pyrrole nitrogens is 1. The number of carbonyl (C=O) groups is 1. The van der Waals surface area contributed by atoms with Gasteiger partial charge in [0.05, 0.1) is 6.33 Å². The number of pyridine rings is 1. The Morgan fingerprint density at radius 2 is 1.86 bits per heavy atom. The van der Waals surface area contributed by atoms with Gasteiger partial charge < -0.3 is 21.6 Å². The van der Waals surface area contributed by atoms with Gasteiger partial charge in [-0.25, -0.2) is 4.98 Å². The average Bonchev–Trinajstić information content (AvgIpc) is 3.09. The minimum Gasteiger partial charge on any atom is -0.480 e. The van der Waals surface area contributed by atoms with Crippen molar-refractivity contribution >= 4 is 5.97 Å². The second kappa shape index (κ2) is 14.2. The van der Waals surface area contributed by atoms with Crippen molar-refractivity contribution in [3.05, 3.63) is 49.3 Å². The molecule has 2 heterocycles. The molecule has 0 aliphatic heterocycles. The summed E-state index contributed by atoms with van der Waals surface area (Å²) in [5.41, 5.74) is 10.4. The van der Waals surface area contributed by atoms with Gasteiger partial charge in [0.2, 0.25) is 0 Å². The van der Waals surface area contributed by atoms with Gasteiger partial charge in [-0.3, -0.25) is 9.78 Å². The molecule has 0 aliphatic carbocycles. The molecule has 116 valence electrons. The fraction of sp³-hybridized carbons (Fsp3) is 0.357. The van der Waals surface area contributed by atoms with Crippen LogP contribution in [0.2, 0.25) is 0 Å². The van der Waals surface area contributed by atoms with E-state index in [-0.39, 0.29) is 0 Å². The second-order valence-corrected chi connectivity index (χ2v) is 4.01. The molecule has 0 saturated heterocycles. The van der Waals surface area contributed by atoms with Gasteiger partial charge in [-0.2, -0.15) is 0 Å². The van der Waals surface area contributed by atoms with Gasteiger partial charge >= 0.3 is 5.97 Å². The zero-order valence-electron chi connectivity index (χ0n) is 11.9. The van der Waals surface area contributed by atoms with Crippen molar-refractivity contribution in [1.82, 2.24) is 15.0 Å². The first-order valence-corrected chi connectivity index (χ1v) is 6.64. The molecule has 0 fully saturated rings. The van der Waals surface area contributed by atoms with E-state index in [0.29, 0.717) is 13.0 Å². The summed E-state index contributed by atoms with van der Waals surface area (Å²) in [5, 5.41) is 8.33. The van der Waals surface area contributed by atoms with Gasteiger partial charge in [-0.15, -0.1) is 0 Å². The summed E-state index contributed by atoms with van der Waals surface area (Å²) in [6.07, 6.45) is 10.7. The zero-order valence-corrected chi connectivity index (χ0v) is 11.9. The van der Waals surface area contributed by atoms with Crippen molar-refractivity contribution in [2.24, 2.45) is 11.5 Å². The van der Waals surface area contributed by atoms with Crippen LogP contribution in [0, 0.1) is 0 Å². The lowest BCUT2D eigenvalue weighted by atomic mass is 10.1. The molecule has 0 bridgehead atoms. The van der Waals surface area contributed by atoms with Crippen molar-refractivity contribution in [2.45, 2.75) is 25.3 Å². The van der Waals surface area contributed by atoms with Crippen LogP contribution in [0.15, 0.2) is 49.3 Å². The molecule has 0 aromatic carbocycles. The Hall–Kier alpha value is -2.25. The monoisotopic (exact) mass is 293 g/mol. The van der Waals surface area contributed by atoms with Crippen LogP contribution >= 0.6 is 0 Å². The average molecular weight is 293 g/mol. The summed E-state index contributed by atoms with van der Waals surface area (Å²) in [7, 11) is 0. The van der Waals surface area contributed by atoms with Crippen molar-refractivity contribution in [1.29, 1.82) is 0 Å². The Labute approximate surface area is 124 Å². The van der Waals surface area contributed by atoms with Crippen LogP contribution in [0.3, 0.4) is 0 Å². The minimum absolute atomic E-state index is 0.520. The first-order chi connectivity index (χ1) is 10.2. The van der Waals surface area contributed by atoms with Crippen LogP contribution in [0.25, 0.3) is 0 Å². The van der Waals surface area contributed by atoms with E-state index < -0.39 is 12.0 Å². The molecule has 0 saturated carbocycles. The fourth-order valence-electron chi connectivity index (χ4n) is 1.16. The number of nitrogens with one attached hydrogen (secondary N) is 1. The third kappa shape index (κ3) is 14.0. The van der Waals surface area contributed by atoms with Gasteiger partial charge in [0.25, 0.3) is 0 Å². The summed E-state index contributed by atoms with van der Waals surface area (Å²) in [6, 6.07) is 5.00. The summed E-state index contributed by atoms with van der Waals surface area (Å²) >= 11 is 0. The van der Waals surface area contributed by atoms with E-state index >= 15 is 0 Å². The molecule has 0 spiro atoms. The third-order valence-corrected chi connectivity index (χ3v) is 2.26. The number of imidazole rings is 1. The Bertz CT molecular complexity index is 378. The standard InChI is InChI=1S/C6H14N2O2.C5H5N.C3H4N2/c7-4-2-1-3-5(8)6(9)10;1-2-4-6-5-3-1;1-2-5-3-4-1/h5H,1-4,7-8H2,(H,9,10);1-5H;1-3H,(H,4,5). The van der Waals surface area contributed by atoms with Crippen LogP contribution in [-0.4, -0.2) is 38.6 Å². The molecule has 1 atom stereocenters. The normalized spacial score (nSPS) is 10.4. The molecule has 0 radical (unpaired) electrons. The highest BCUT2D eigenvalue weighted by molar-refractivity contribution is 5.72. The van der Waals surface area contributed by atoms with E-state index in [4.69, 9.17) is 16.6 Å². The van der Waals surface area contributed by atoms with Gasteiger partial charge in [0.15, 0.2) is 0 Å². The topological polar surface area (TPSA) is 131 Å². The van der Waals surface area contributed by atoms with Gasteiger partial charge in [-0.1, -0.05) is 12.5 Å². The van der Waals surface area contributed by atoms with Crippen LogP contribution in [0.4, 0.5) is 0 Å². The fourth-order valence-corrected chi connectivity index (χ4v) is 1.16. The number of hydrogen-bond donors (Lipinski definition) is 4. The van der Waals surface area contributed by atoms with E-state index in [1.807, 2.05) is 18.2 Å². The number of aromatic nitrogens is 3. The lowest BCUT2D eigenvalue weighted by Crippen LogP contribution is -2.29. The highest BCUT2D eigenvalue weighted by Gasteiger charge is 2.09.